The highest BCUT2D eigenvalue weighted by Crippen LogP contribution is 2.24. The standard InChI is InChI=1S/C18H25NO3S/c1-3-22-18(21)12-23-11-17(20)19-13(2)15-9-8-14-6-4-5-7-16(14)10-15/h8-10,13H,3-7,11-12H2,1-2H3,(H,19,20)/t13-/m1/s1. The highest BCUT2D eigenvalue weighted by molar-refractivity contribution is 8.00. The summed E-state index contributed by atoms with van der Waals surface area (Å²) in [5, 5.41) is 3.00. The van der Waals surface area contributed by atoms with Crippen LogP contribution < -0.4 is 5.32 Å². The molecule has 0 spiro atoms. The molecular weight excluding hydrogens is 310 g/mol. The van der Waals surface area contributed by atoms with Gasteiger partial charge >= 0.3 is 5.97 Å². The number of amides is 1. The molecule has 0 unspecified atom stereocenters. The minimum atomic E-state index is -0.270. The van der Waals surface area contributed by atoms with E-state index in [-0.39, 0.29) is 29.4 Å². The normalized spacial score (nSPS) is 14.7. The highest BCUT2D eigenvalue weighted by atomic mass is 32.2. The second-order valence-electron chi connectivity index (χ2n) is 5.82. The lowest BCUT2D eigenvalue weighted by atomic mass is 9.89. The SMILES string of the molecule is CCOC(=O)CSCC(=O)N[C@H](C)c1ccc2c(c1)CCCC2. The zero-order valence-electron chi connectivity index (χ0n) is 13.9. The summed E-state index contributed by atoms with van der Waals surface area (Å²) in [4.78, 5) is 23.2. The molecule has 1 aromatic carbocycles. The summed E-state index contributed by atoms with van der Waals surface area (Å²) in [6, 6.07) is 6.52. The first-order valence-corrected chi connectivity index (χ1v) is 9.40. The van der Waals surface area contributed by atoms with E-state index in [1.165, 1.54) is 42.2 Å². The molecule has 0 saturated carbocycles. The van der Waals surface area contributed by atoms with E-state index in [4.69, 9.17) is 4.74 Å². The molecule has 0 bridgehead atoms. The summed E-state index contributed by atoms with van der Waals surface area (Å²) in [5.74, 6) is 0.167. The van der Waals surface area contributed by atoms with Crippen molar-refractivity contribution in [3.05, 3.63) is 34.9 Å². The summed E-state index contributed by atoms with van der Waals surface area (Å²) >= 11 is 1.28. The van der Waals surface area contributed by atoms with Crippen LogP contribution in [0.4, 0.5) is 0 Å². The monoisotopic (exact) mass is 335 g/mol. The van der Waals surface area contributed by atoms with Crippen LogP contribution in [0.3, 0.4) is 0 Å². The number of esters is 1. The zero-order valence-corrected chi connectivity index (χ0v) is 14.7. The van der Waals surface area contributed by atoms with Gasteiger partial charge in [-0.3, -0.25) is 9.59 Å². The molecule has 0 saturated heterocycles. The number of carbonyl (C=O) groups excluding carboxylic acids is 2. The maximum atomic E-state index is 12.0. The van der Waals surface area contributed by atoms with Crippen molar-refractivity contribution in [3.63, 3.8) is 0 Å². The van der Waals surface area contributed by atoms with Gasteiger partial charge in [-0.25, -0.2) is 0 Å². The second-order valence-corrected chi connectivity index (χ2v) is 6.81. The fraction of sp³-hybridized carbons (Fsp3) is 0.556. The average Bonchev–Trinajstić information content (AvgIpc) is 2.54. The molecule has 0 fully saturated rings. The van der Waals surface area contributed by atoms with Crippen molar-refractivity contribution < 1.29 is 14.3 Å². The van der Waals surface area contributed by atoms with Crippen LogP contribution in [0.2, 0.25) is 0 Å². The van der Waals surface area contributed by atoms with E-state index in [2.05, 4.69) is 23.5 Å². The molecule has 1 aliphatic rings. The Bertz CT molecular complexity index is 559. The van der Waals surface area contributed by atoms with E-state index in [9.17, 15) is 9.59 Å². The molecule has 0 heterocycles. The molecule has 4 nitrogen and oxygen atoms in total. The van der Waals surface area contributed by atoms with E-state index in [1.807, 2.05) is 6.92 Å². The Morgan fingerprint density at radius 2 is 1.96 bits per heavy atom. The molecule has 1 atom stereocenters. The van der Waals surface area contributed by atoms with Gasteiger partial charge in [0.25, 0.3) is 0 Å². The number of fused-ring (bicyclic) bond motifs is 1. The van der Waals surface area contributed by atoms with Gasteiger partial charge in [-0.2, -0.15) is 0 Å². The summed E-state index contributed by atoms with van der Waals surface area (Å²) in [6.45, 7) is 4.15. The van der Waals surface area contributed by atoms with Gasteiger partial charge in [-0.1, -0.05) is 18.2 Å². The third kappa shape index (κ3) is 5.57. The number of hydrogen-bond acceptors (Lipinski definition) is 4. The van der Waals surface area contributed by atoms with Crippen LogP contribution in [0.25, 0.3) is 0 Å². The third-order valence-electron chi connectivity index (χ3n) is 4.01. The topological polar surface area (TPSA) is 55.4 Å². The van der Waals surface area contributed by atoms with Crippen molar-refractivity contribution in [2.75, 3.05) is 18.1 Å². The van der Waals surface area contributed by atoms with E-state index in [0.717, 1.165) is 12.0 Å². The van der Waals surface area contributed by atoms with Crippen LogP contribution in [-0.2, 0) is 27.2 Å². The number of ether oxygens (including phenoxy) is 1. The first kappa shape index (κ1) is 17.9. The summed E-state index contributed by atoms with van der Waals surface area (Å²) in [7, 11) is 0. The number of aryl methyl sites for hydroxylation is 2. The van der Waals surface area contributed by atoms with Crippen LogP contribution in [0.15, 0.2) is 18.2 Å². The lowest BCUT2D eigenvalue weighted by Gasteiger charge is -2.20. The summed E-state index contributed by atoms with van der Waals surface area (Å²) in [6.07, 6.45) is 4.83. The van der Waals surface area contributed by atoms with Gasteiger partial charge in [0.1, 0.15) is 0 Å². The van der Waals surface area contributed by atoms with Crippen molar-refractivity contribution in [1.82, 2.24) is 5.32 Å². The fourth-order valence-electron chi connectivity index (χ4n) is 2.82. The van der Waals surface area contributed by atoms with Gasteiger partial charge in [0.2, 0.25) is 5.91 Å². The Labute approximate surface area is 142 Å². The van der Waals surface area contributed by atoms with Crippen LogP contribution in [0.5, 0.6) is 0 Å². The number of benzene rings is 1. The average molecular weight is 335 g/mol. The Morgan fingerprint density at radius 3 is 2.70 bits per heavy atom. The fourth-order valence-corrected chi connectivity index (χ4v) is 3.44. The van der Waals surface area contributed by atoms with Gasteiger partial charge in [0.15, 0.2) is 0 Å². The van der Waals surface area contributed by atoms with Crippen molar-refractivity contribution in [2.45, 2.75) is 45.6 Å². The lowest BCUT2D eigenvalue weighted by Crippen LogP contribution is -2.28. The quantitative estimate of drug-likeness (QED) is 0.778. The predicted molar refractivity (Wildman–Crippen MR) is 93.6 cm³/mol. The van der Waals surface area contributed by atoms with Crippen molar-refractivity contribution in [1.29, 1.82) is 0 Å². The van der Waals surface area contributed by atoms with E-state index in [0.29, 0.717) is 6.61 Å². The largest absolute Gasteiger partial charge is 0.465 e. The second kappa shape index (κ2) is 8.96. The maximum Gasteiger partial charge on any atom is 0.315 e. The van der Waals surface area contributed by atoms with Crippen molar-refractivity contribution >= 4 is 23.6 Å². The van der Waals surface area contributed by atoms with Gasteiger partial charge in [-0.05, 0) is 56.2 Å². The van der Waals surface area contributed by atoms with Gasteiger partial charge in [-0.15, -0.1) is 11.8 Å². The number of thioether (sulfide) groups is 1. The van der Waals surface area contributed by atoms with Crippen molar-refractivity contribution in [2.24, 2.45) is 0 Å². The number of rotatable bonds is 7. The molecule has 0 radical (unpaired) electrons. The molecule has 5 heteroatoms. The molecular formula is C18H25NO3S. The number of nitrogens with one attached hydrogen (secondary N) is 1. The van der Waals surface area contributed by atoms with E-state index < -0.39 is 0 Å². The zero-order chi connectivity index (χ0) is 16.7. The minimum absolute atomic E-state index is 0.0158. The molecule has 2 rings (SSSR count). The summed E-state index contributed by atoms with van der Waals surface area (Å²) < 4.78 is 4.84. The number of hydrogen-bond donors (Lipinski definition) is 1. The first-order valence-electron chi connectivity index (χ1n) is 8.24. The molecule has 23 heavy (non-hydrogen) atoms. The van der Waals surface area contributed by atoms with Gasteiger partial charge in [0.05, 0.1) is 24.2 Å². The van der Waals surface area contributed by atoms with Gasteiger partial charge in [0, 0.05) is 0 Å². The van der Waals surface area contributed by atoms with E-state index >= 15 is 0 Å². The van der Waals surface area contributed by atoms with Crippen LogP contribution in [0.1, 0.15) is 49.4 Å². The van der Waals surface area contributed by atoms with Crippen LogP contribution in [-0.4, -0.2) is 30.0 Å². The third-order valence-corrected chi connectivity index (χ3v) is 4.91. The molecule has 1 aromatic rings. The molecule has 1 aliphatic carbocycles. The van der Waals surface area contributed by atoms with Crippen LogP contribution >= 0.6 is 11.8 Å². The van der Waals surface area contributed by atoms with Crippen molar-refractivity contribution in [3.8, 4) is 0 Å². The predicted octanol–water partition coefficient (Wildman–Crippen LogP) is 3.04. The molecule has 1 N–H and O–H groups in total. The molecule has 1 amide bonds. The lowest BCUT2D eigenvalue weighted by molar-refractivity contribution is -0.139. The first-order chi connectivity index (χ1) is 11.1. The summed E-state index contributed by atoms with van der Waals surface area (Å²) in [5.41, 5.74) is 4.02. The highest BCUT2D eigenvalue weighted by Gasteiger charge is 2.14. The van der Waals surface area contributed by atoms with Gasteiger partial charge < -0.3 is 10.1 Å². The smallest absolute Gasteiger partial charge is 0.315 e. The number of carbonyl (C=O) groups is 2. The Hall–Kier alpha value is -1.49. The Morgan fingerprint density at radius 1 is 1.22 bits per heavy atom. The maximum absolute atomic E-state index is 12.0. The van der Waals surface area contributed by atoms with Crippen LogP contribution in [0, 0.1) is 0 Å². The van der Waals surface area contributed by atoms with E-state index in [1.54, 1.807) is 6.92 Å². The Kier molecular flexibility index (Phi) is 6.96. The molecule has 0 aromatic heterocycles. The Balaban J connectivity index is 1.80. The molecule has 126 valence electrons. The minimum Gasteiger partial charge on any atom is -0.465 e. The molecule has 0 aliphatic heterocycles.